The normalized spacial score (nSPS) is 11.0. The molecule has 7 heteroatoms. The van der Waals surface area contributed by atoms with Gasteiger partial charge in [0.2, 0.25) is 0 Å². The zero-order valence-electron chi connectivity index (χ0n) is 10.4. The van der Waals surface area contributed by atoms with Crippen LogP contribution in [-0.2, 0) is 14.3 Å². The van der Waals surface area contributed by atoms with E-state index in [0.717, 1.165) is 0 Å². The Morgan fingerprint density at radius 2 is 2.00 bits per heavy atom. The molecule has 7 nitrogen and oxygen atoms in total. The van der Waals surface area contributed by atoms with Crippen LogP contribution in [0.15, 0.2) is 0 Å². The quantitative estimate of drug-likeness (QED) is 0.517. The van der Waals surface area contributed by atoms with Crippen molar-refractivity contribution in [1.29, 1.82) is 0 Å². The third-order valence-electron chi connectivity index (χ3n) is 1.71. The van der Waals surface area contributed by atoms with Crippen LogP contribution >= 0.6 is 0 Å². The summed E-state index contributed by atoms with van der Waals surface area (Å²) in [6.45, 7) is 4.11. The Bertz CT molecular complexity index is 255. The molecule has 0 fully saturated rings. The minimum Gasteiger partial charge on any atom is -0.480 e. The lowest BCUT2D eigenvalue weighted by Crippen LogP contribution is -2.51. The summed E-state index contributed by atoms with van der Waals surface area (Å²) in [5.41, 5.74) is -0.458. The van der Waals surface area contributed by atoms with Crippen molar-refractivity contribution in [1.82, 2.24) is 10.6 Å². The van der Waals surface area contributed by atoms with E-state index < -0.39 is 11.5 Å². The third kappa shape index (κ3) is 9.58. The topological polar surface area (TPSA) is 96.9 Å². The number of methoxy groups -OCH3 is 1. The Balaban J connectivity index is 3.62. The maximum atomic E-state index is 11.4. The van der Waals surface area contributed by atoms with Crippen molar-refractivity contribution < 1.29 is 24.2 Å². The van der Waals surface area contributed by atoms with Gasteiger partial charge in [-0.3, -0.25) is 0 Å². The zero-order chi connectivity index (χ0) is 13.3. The first-order valence-corrected chi connectivity index (χ1v) is 5.22. The Morgan fingerprint density at radius 3 is 2.53 bits per heavy atom. The van der Waals surface area contributed by atoms with Gasteiger partial charge in [0.25, 0.3) is 0 Å². The van der Waals surface area contributed by atoms with Gasteiger partial charge >= 0.3 is 12.0 Å². The van der Waals surface area contributed by atoms with E-state index in [2.05, 4.69) is 10.6 Å². The predicted octanol–water partition coefficient (Wildman–Crippen LogP) is -0.188. The molecule has 0 unspecified atom stereocenters. The van der Waals surface area contributed by atoms with Crippen LogP contribution in [0.25, 0.3) is 0 Å². The van der Waals surface area contributed by atoms with Gasteiger partial charge in [-0.1, -0.05) is 0 Å². The second-order valence-electron chi connectivity index (χ2n) is 4.14. The molecule has 0 aliphatic carbocycles. The highest BCUT2D eigenvalue weighted by Crippen LogP contribution is 2.00. The van der Waals surface area contributed by atoms with Crippen LogP contribution < -0.4 is 10.6 Å². The van der Waals surface area contributed by atoms with E-state index in [1.54, 1.807) is 7.11 Å². The molecule has 0 atom stereocenters. The monoisotopic (exact) mass is 248 g/mol. The molecular weight excluding hydrogens is 228 g/mol. The number of hydrogen-bond donors (Lipinski definition) is 3. The SMILES string of the molecule is COCC(C)(C)NC(=O)NCCOCC(=O)O. The summed E-state index contributed by atoms with van der Waals surface area (Å²) >= 11 is 0. The highest BCUT2D eigenvalue weighted by Gasteiger charge is 2.19. The number of aliphatic carboxylic acids is 1. The summed E-state index contributed by atoms with van der Waals surface area (Å²) in [5, 5.41) is 13.6. The average molecular weight is 248 g/mol. The van der Waals surface area contributed by atoms with Crippen molar-refractivity contribution in [3.05, 3.63) is 0 Å². The van der Waals surface area contributed by atoms with E-state index in [1.165, 1.54) is 0 Å². The number of carboxylic acids is 1. The lowest BCUT2D eigenvalue weighted by Gasteiger charge is -2.25. The summed E-state index contributed by atoms with van der Waals surface area (Å²) in [6.07, 6.45) is 0. The van der Waals surface area contributed by atoms with Crippen LogP contribution in [-0.4, -0.2) is 56.1 Å². The second-order valence-corrected chi connectivity index (χ2v) is 4.14. The van der Waals surface area contributed by atoms with E-state index in [0.29, 0.717) is 6.61 Å². The van der Waals surface area contributed by atoms with Crippen LogP contribution in [0.4, 0.5) is 4.79 Å². The summed E-state index contributed by atoms with van der Waals surface area (Å²) in [6, 6.07) is -0.342. The fourth-order valence-corrected chi connectivity index (χ4v) is 1.14. The molecule has 0 spiro atoms. The third-order valence-corrected chi connectivity index (χ3v) is 1.71. The summed E-state index contributed by atoms with van der Waals surface area (Å²) in [4.78, 5) is 21.5. The molecule has 0 aliphatic rings. The molecule has 2 amide bonds. The van der Waals surface area contributed by atoms with E-state index in [1.807, 2.05) is 13.8 Å². The van der Waals surface area contributed by atoms with Crippen molar-refractivity contribution in [3.8, 4) is 0 Å². The Kier molecular flexibility index (Phi) is 7.24. The number of ether oxygens (including phenoxy) is 2. The molecule has 3 N–H and O–H groups in total. The highest BCUT2D eigenvalue weighted by atomic mass is 16.5. The van der Waals surface area contributed by atoms with Gasteiger partial charge < -0.3 is 25.2 Å². The van der Waals surface area contributed by atoms with Crippen molar-refractivity contribution in [3.63, 3.8) is 0 Å². The first kappa shape index (κ1) is 15.7. The predicted molar refractivity (Wildman–Crippen MR) is 60.9 cm³/mol. The van der Waals surface area contributed by atoms with Crippen LogP contribution in [0.2, 0.25) is 0 Å². The molecule has 17 heavy (non-hydrogen) atoms. The molecule has 0 heterocycles. The van der Waals surface area contributed by atoms with Gasteiger partial charge in [0, 0.05) is 13.7 Å². The minimum atomic E-state index is -1.03. The molecular formula is C10H20N2O5. The number of carbonyl (C=O) groups excluding carboxylic acids is 1. The van der Waals surface area contributed by atoms with E-state index in [9.17, 15) is 9.59 Å². The van der Waals surface area contributed by atoms with E-state index in [-0.39, 0.29) is 25.8 Å². The number of amides is 2. The molecule has 0 rings (SSSR count). The van der Waals surface area contributed by atoms with Gasteiger partial charge in [0.15, 0.2) is 0 Å². The van der Waals surface area contributed by atoms with Crippen molar-refractivity contribution >= 4 is 12.0 Å². The fourth-order valence-electron chi connectivity index (χ4n) is 1.14. The van der Waals surface area contributed by atoms with Crippen molar-refractivity contribution in [2.24, 2.45) is 0 Å². The highest BCUT2D eigenvalue weighted by molar-refractivity contribution is 5.74. The standard InChI is InChI=1S/C10H20N2O5/c1-10(2,7-16-3)12-9(15)11-4-5-17-6-8(13)14/h4-7H2,1-3H3,(H,13,14)(H2,11,12,15). The van der Waals surface area contributed by atoms with E-state index >= 15 is 0 Å². The van der Waals surface area contributed by atoms with Crippen LogP contribution in [0.5, 0.6) is 0 Å². The molecule has 0 aromatic rings. The Hall–Kier alpha value is -1.34. The van der Waals surface area contributed by atoms with Crippen LogP contribution in [0, 0.1) is 0 Å². The van der Waals surface area contributed by atoms with Gasteiger partial charge in [-0.25, -0.2) is 9.59 Å². The largest absolute Gasteiger partial charge is 0.480 e. The first-order chi connectivity index (χ1) is 7.87. The van der Waals surface area contributed by atoms with Gasteiger partial charge in [0.05, 0.1) is 18.8 Å². The molecule has 0 aromatic carbocycles. The zero-order valence-corrected chi connectivity index (χ0v) is 10.4. The Labute approximate surface area is 100 Å². The van der Waals surface area contributed by atoms with Gasteiger partial charge in [-0.15, -0.1) is 0 Å². The molecule has 0 aliphatic heterocycles. The fraction of sp³-hybridized carbons (Fsp3) is 0.800. The summed E-state index contributed by atoms with van der Waals surface area (Å²) < 4.78 is 9.70. The molecule has 0 aromatic heterocycles. The molecule has 0 radical (unpaired) electrons. The summed E-state index contributed by atoms with van der Waals surface area (Å²) in [5.74, 6) is -1.03. The lowest BCUT2D eigenvalue weighted by atomic mass is 10.1. The Morgan fingerprint density at radius 1 is 1.35 bits per heavy atom. The summed E-state index contributed by atoms with van der Waals surface area (Å²) in [7, 11) is 1.56. The number of carbonyl (C=O) groups is 2. The van der Waals surface area contributed by atoms with Gasteiger partial charge in [-0.2, -0.15) is 0 Å². The van der Waals surface area contributed by atoms with Gasteiger partial charge in [-0.05, 0) is 13.8 Å². The number of urea groups is 1. The number of rotatable bonds is 8. The maximum absolute atomic E-state index is 11.4. The van der Waals surface area contributed by atoms with E-state index in [4.69, 9.17) is 14.6 Å². The minimum absolute atomic E-state index is 0.157. The van der Waals surface area contributed by atoms with Crippen molar-refractivity contribution in [2.75, 3.05) is 33.5 Å². The van der Waals surface area contributed by atoms with Crippen LogP contribution in [0.1, 0.15) is 13.8 Å². The smallest absolute Gasteiger partial charge is 0.329 e. The molecule has 100 valence electrons. The molecule has 0 bridgehead atoms. The number of hydrogen-bond acceptors (Lipinski definition) is 4. The van der Waals surface area contributed by atoms with Gasteiger partial charge in [0.1, 0.15) is 6.61 Å². The maximum Gasteiger partial charge on any atom is 0.329 e. The lowest BCUT2D eigenvalue weighted by molar-refractivity contribution is -0.142. The number of nitrogens with one attached hydrogen (secondary N) is 2. The molecule has 0 saturated carbocycles. The average Bonchev–Trinajstić information content (AvgIpc) is 2.15. The second kappa shape index (κ2) is 7.86. The van der Waals surface area contributed by atoms with Crippen LogP contribution in [0.3, 0.4) is 0 Å². The number of carboxylic acid groups (broad SMARTS) is 1. The first-order valence-electron chi connectivity index (χ1n) is 5.22. The van der Waals surface area contributed by atoms with Crippen molar-refractivity contribution in [2.45, 2.75) is 19.4 Å². The molecule has 0 saturated heterocycles.